The van der Waals surface area contributed by atoms with E-state index >= 15 is 0 Å². The SMILES string of the molecule is COc1ccc(Br)cc1-c1cn[nH]c1C1CCNCC1. The van der Waals surface area contributed by atoms with E-state index in [0.29, 0.717) is 5.92 Å². The number of nitrogens with one attached hydrogen (secondary N) is 2. The second kappa shape index (κ2) is 5.97. The van der Waals surface area contributed by atoms with E-state index in [4.69, 9.17) is 4.74 Å². The van der Waals surface area contributed by atoms with Crippen LogP contribution in [0.25, 0.3) is 11.1 Å². The number of halogens is 1. The summed E-state index contributed by atoms with van der Waals surface area (Å²) in [4.78, 5) is 0. The van der Waals surface area contributed by atoms with Crippen LogP contribution in [0.5, 0.6) is 5.75 Å². The van der Waals surface area contributed by atoms with Crippen LogP contribution in [0.2, 0.25) is 0 Å². The second-order valence-electron chi connectivity index (χ2n) is 5.07. The Morgan fingerprint density at radius 1 is 1.25 bits per heavy atom. The van der Waals surface area contributed by atoms with E-state index in [1.165, 1.54) is 5.69 Å². The number of methoxy groups -OCH3 is 1. The first-order valence-corrected chi connectivity index (χ1v) is 7.67. The molecule has 1 saturated heterocycles. The van der Waals surface area contributed by atoms with Gasteiger partial charge in [0.25, 0.3) is 0 Å². The third-order valence-electron chi connectivity index (χ3n) is 3.87. The van der Waals surface area contributed by atoms with Gasteiger partial charge in [-0.05, 0) is 44.1 Å². The summed E-state index contributed by atoms with van der Waals surface area (Å²) in [5.41, 5.74) is 3.46. The lowest BCUT2D eigenvalue weighted by Gasteiger charge is -2.23. The van der Waals surface area contributed by atoms with Crippen molar-refractivity contribution in [3.63, 3.8) is 0 Å². The molecule has 4 nitrogen and oxygen atoms in total. The Hall–Kier alpha value is -1.33. The molecular weight excluding hydrogens is 318 g/mol. The molecule has 20 heavy (non-hydrogen) atoms. The van der Waals surface area contributed by atoms with Crippen LogP contribution in [-0.4, -0.2) is 30.4 Å². The molecule has 0 spiro atoms. The topological polar surface area (TPSA) is 49.9 Å². The maximum atomic E-state index is 5.49. The summed E-state index contributed by atoms with van der Waals surface area (Å²) in [6.07, 6.45) is 4.19. The monoisotopic (exact) mass is 335 g/mol. The van der Waals surface area contributed by atoms with Crippen molar-refractivity contribution in [1.82, 2.24) is 15.5 Å². The highest BCUT2D eigenvalue weighted by atomic mass is 79.9. The lowest BCUT2D eigenvalue weighted by molar-refractivity contribution is 0.416. The van der Waals surface area contributed by atoms with E-state index in [9.17, 15) is 0 Å². The molecule has 1 aliphatic rings. The number of hydrogen-bond acceptors (Lipinski definition) is 3. The third-order valence-corrected chi connectivity index (χ3v) is 4.36. The number of ether oxygens (including phenoxy) is 1. The van der Waals surface area contributed by atoms with Gasteiger partial charge in [-0.25, -0.2) is 0 Å². The molecule has 0 atom stereocenters. The number of aromatic nitrogens is 2. The zero-order chi connectivity index (χ0) is 13.9. The van der Waals surface area contributed by atoms with Gasteiger partial charge in [-0.15, -0.1) is 0 Å². The van der Waals surface area contributed by atoms with E-state index < -0.39 is 0 Å². The van der Waals surface area contributed by atoms with E-state index in [2.05, 4.69) is 37.5 Å². The molecule has 2 aromatic rings. The summed E-state index contributed by atoms with van der Waals surface area (Å²) in [6.45, 7) is 2.14. The normalized spacial score (nSPS) is 16.3. The van der Waals surface area contributed by atoms with Crippen LogP contribution in [0.3, 0.4) is 0 Å². The number of piperidine rings is 1. The van der Waals surface area contributed by atoms with Gasteiger partial charge in [0.1, 0.15) is 5.75 Å². The molecule has 0 amide bonds. The van der Waals surface area contributed by atoms with Crippen molar-refractivity contribution in [2.24, 2.45) is 0 Å². The summed E-state index contributed by atoms with van der Waals surface area (Å²) in [7, 11) is 1.71. The van der Waals surface area contributed by atoms with E-state index in [0.717, 1.165) is 47.3 Å². The quantitative estimate of drug-likeness (QED) is 0.904. The van der Waals surface area contributed by atoms with Gasteiger partial charge < -0.3 is 10.1 Å². The summed E-state index contributed by atoms with van der Waals surface area (Å²) >= 11 is 3.54. The van der Waals surface area contributed by atoms with Gasteiger partial charge >= 0.3 is 0 Å². The zero-order valence-electron chi connectivity index (χ0n) is 11.4. The van der Waals surface area contributed by atoms with E-state index in [-0.39, 0.29) is 0 Å². The Morgan fingerprint density at radius 3 is 2.80 bits per heavy atom. The zero-order valence-corrected chi connectivity index (χ0v) is 13.0. The number of hydrogen-bond donors (Lipinski definition) is 2. The van der Waals surface area contributed by atoms with Gasteiger partial charge in [0.15, 0.2) is 0 Å². The number of benzene rings is 1. The first kappa shape index (κ1) is 13.6. The van der Waals surface area contributed by atoms with Crippen molar-refractivity contribution in [3.05, 3.63) is 34.6 Å². The van der Waals surface area contributed by atoms with Crippen LogP contribution in [0.4, 0.5) is 0 Å². The van der Waals surface area contributed by atoms with Crippen LogP contribution >= 0.6 is 15.9 Å². The molecule has 1 aromatic heterocycles. The maximum Gasteiger partial charge on any atom is 0.126 e. The fourth-order valence-electron chi connectivity index (χ4n) is 2.82. The molecule has 0 bridgehead atoms. The first-order chi connectivity index (χ1) is 9.79. The number of nitrogens with zero attached hydrogens (tertiary/aromatic N) is 1. The van der Waals surface area contributed by atoms with Gasteiger partial charge in [0.05, 0.1) is 13.3 Å². The fraction of sp³-hybridized carbons (Fsp3) is 0.400. The Morgan fingerprint density at radius 2 is 2.05 bits per heavy atom. The summed E-state index contributed by atoms with van der Waals surface area (Å²) < 4.78 is 6.54. The van der Waals surface area contributed by atoms with Gasteiger partial charge in [0, 0.05) is 27.2 Å². The Balaban J connectivity index is 2.02. The van der Waals surface area contributed by atoms with Crippen LogP contribution in [0.15, 0.2) is 28.9 Å². The Bertz CT molecular complexity index is 591. The Kier molecular flexibility index (Phi) is 4.08. The van der Waals surface area contributed by atoms with Crippen molar-refractivity contribution in [1.29, 1.82) is 0 Å². The largest absolute Gasteiger partial charge is 0.496 e. The van der Waals surface area contributed by atoms with Crippen molar-refractivity contribution in [3.8, 4) is 16.9 Å². The summed E-state index contributed by atoms with van der Waals surface area (Å²) in [5, 5.41) is 10.9. The standard InChI is InChI=1S/C15H18BrN3O/c1-20-14-3-2-11(16)8-12(14)13-9-18-19-15(13)10-4-6-17-7-5-10/h2-3,8-10,17H,4-7H2,1H3,(H,18,19). The molecule has 106 valence electrons. The maximum absolute atomic E-state index is 5.49. The second-order valence-corrected chi connectivity index (χ2v) is 5.98. The fourth-order valence-corrected chi connectivity index (χ4v) is 3.18. The lowest BCUT2D eigenvalue weighted by atomic mass is 9.90. The average molecular weight is 336 g/mol. The van der Waals surface area contributed by atoms with Crippen LogP contribution in [0.1, 0.15) is 24.5 Å². The molecule has 0 aliphatic carbocycles. The van der Waals surface area contributed by atoms with Crippen LogP contribution < -0.4 is 10.1 Å². The van der Waals surface area contributed by atoms with Crippen molar-refractivity contribution in [2.45, 2.75) is 18.8 Å². The first-order valence-electron chi connectivity index (χ1n) is 6.87. The van der Waals surface area contributed by atoms with Gasteiger partial charge in [-0.3, -0.25) is 5.10 Å². The number of H-pyrrole nitrogens is 1. The highest BCUT2D eigenvalue weighted by Crippen LogP contribution is 2.38. The molecule has 0 unspecified atom stereocenters. The molecule has 1 fully saturated rings. The minimum atomic E-state index is 0.539. The third kappa shape index (κ3) is 2.60. The van der Waals surface area contributed by atoms with Crippen molar-refractivity contribution < 1.29 is 4.74 Å². The predicted molar refractivity (Wildman–Crippen MR) is 83.1 cm³/mol. The highest BCUT2D eigenvalue weighted by Gasteiger charge is 2.22. The van der Waals surface area contributed by atoms with Gasteiger partial charge in [-0.2, -0.15) is 5.10 Å². The van der Waals surface area contributed by atoms with Crippen LogP contribution in [0, 0.1) is 0 Å². The number of rotatable bonds is 3. The van der Waals surface area contributed by atoms with Crippen molar-refractivity contribution in [2.75, 3.05) is 20.2 Å². The Labute approximate surface area is 127 Å². The number of aromatic amines is 1. The molecule has 5 heteroatoms. The van der Waals surface area contributed by atoms with Crippen molar-refractivity contribution >= 4 is 15.9 Å². The van der Waals surface area contributed by atoms with Gasteiger partial charge in [0.2, 0.25) is 0 Å². The van der Waals surface area contributed by atoms with Gasteiger partial charge in [-0.1, -0.05) is 15.9 Å². The van der Waals surface area contributed by atoms with E-state index in [1.54, 1.807) is 7.11 Å². The molecule has 1 aromatic carbocycles. The highest BCUT2D eigenvalue weighted by molar-refractivity contribution is 9.10. The summed E-state index contributed by atoms with van der Waals surface area (Å²) in [5.74, 6) is 1.42. The van der Waals surface area contributed by atoms with E-state index in [1.807, 2.05) is 18.3 Å². The lowest BCUT2D eigenvalue weighted by Crippen LogP contribution is -2.27. The molecule has 0 radical (unpaired) electrons. The average Bonchev–Trinajstić information content (AvgIpc) is 2.97. The molecule has 0 saturated carbocycles. The molecule has 2 N–H and O–H groups in total. The molecule has 1 aliphatic heterocycles. The van der Waals surface area contributed by atoms with Crippen LogP contribution in [-0.2, 0) is 0 Å². The minimum Gasteiger partial charge on any atom is -0.496 e. The molecular formula is C15H18BrN3O. The predicted octanol–water partition coefficient (Wildman–Crippen LogP) is 3.31. The summed E-state index contributed by atoms with van der Waals surface area (Å²) in [6, 6.07) is 6.07. The molecule has 2 heterocycles. The molecule has 3 rings (SSSR count). The minimum absolute atomic E-state index is 0.539. The smallest absolute Gasteiger partial charge is 0.126 e.